The maximum Gasteiger partial charge on any atom is 0.392 e. The predicted molar refractivity (Wildman–Crippen MR) is 58.5 cm³/mol. The highest BCUT2D eigenvalue weighted by Crippen LogP contribution is 2.32. The Kier molecular flexibility index (Phi) is 6.52. The summed E-state index contributed by atoms with van der Waals surface area (Å²) >= 11 is 0. The molecule has 0 radical (unpaired) electrons. The lowest BCUT2D eigenvalue weighted by molar-refractivity contribution is -0.185. The largest absolute Gasteiger partial charge is 0.481 e. The molecule has 3 N–H and O–H groups in total. The molecular weight excluding hydrogens is 235 g/mol. The summed E-state index contributed by atoms with van der Waals surface area (Å²) in [5, 5.41) is 8.44. The van der Waals surface area contributed by atoms with Crippen LogP contribution in [0.4, 0.5) is 13.2 Å². The Balaban J connectivity index is 4.28. The number of aliphatic carboxylic acids is 1. The van der Waals surface area contributed by atoms with Crippen molar-refractivity contribution in [1.29, 1.82) is 0 Å². The lowest BCUT2D eigenvalue weighted by Gasteiger charge is -2.22. The fourth-order valence-corrected chi connectivity index (χ4v) is 1.57. The minimum atomic E-state index is -4.49. The van der Waals surface area contributed by atoms with Crippen LogP contribution in [0.1, 0.15) is 39.5 Å². The van der Waals surface area contributed by atoms with Gasteiger partial charge in [0.2, 0.25) is 0 Å². The molecule has 0 heterocycles. The average molecular weight is 255 g/mol. The summed E-state index contributed by atoms with van der Waals surface area (Å²) in [5.41, 5.74) is 5.60. The number of alkyl halides is 3. The fraction of sp³-hybridized carbons (Fsp3) is 0.909. The molecule has 0 spiro atoms. The summed E-state index contributed by atoms with van der Waals surface area (Å²) in [6, 6.07) is -0.594. The van der Waals surface area contributed by atoms with E-state index in [1.54, 1.807) is 0 Å². The molecule has 0 rings (SSSR count). The van der Waals surface area contributed by atoms with Gasteiger partial charge in [-0.25, -0.2) is 0 Å². The molecule has 6 heteroatoms. The van der Waals surface area contributed by atoms with E-state index in [1.165, 1.54) is 0 Å². The van der Waals surface area contributed by atoms with Crippen LogP contribution in [0.3, 0.4) is 0 Å². The van der Waals surface area contributed by atoms with Crippen LogP contribution in [0.5, 0.6) is 0 Å². The number of nitrogens with two attached hydrogens (primary N) is 1. The van der Waals surface area contributed by atoms with Gasteiger partial charge < -0.3 is 10.8 Å². The first-order valence-electron chi connectivity index (χ1n) is 5.67. The summed E-state index contributed by atoms with van der Waals surface area (Å²) in [7, 11) is 0. The molecule has 0 aliphatic rings. The Hall–Kier alpha value is -0.780. The molecule has 0 fully saturated rings. The highest BCUT2D eigenvalue weighted by atomic mass is 19.4. The normalized spacial score (nSPS) is 15.9. The molecule has 2 atom stereocenters. The van der Waals surface area contributed by atoms with Crippen LogP contribution >= 0.6 is 0 Å². The van der Waals surface area contributed by atoms with Crippen LogP contribution in [-0.2, 0) is 4.79 Å². The summed E-state index contributed by atoms with van der Waals surface area (Å²) in [6.07, 6.45) is -4.47. The van der Waals surface area contributed by atoms with Crippen LogP contribution < -0.4 is 5.73 Å². The predicted octanol–water partition coefficient (Wildman–Crippen LogP) is 2.79. The summed E-state index contributed by atoms with van der Waals surface area (Å²) in [4.78, 5) is 10.4. The maximum atomic E-state index is 12.5. The van der Waals surface area contributed by atoms with Gasteiger partial charge in [0.15, 0.2) is 0 Å². The van der Waals surface area contributed by atoms with E-state index >= 15 is 0 Å². The lowest BCUT2D eigenvalue weighted by atomic mass is 9.92. The van der Waals surface area contributed by atoms with Crippen molar-refractivity contribution >= 4 is 5.97 Å². The molecule has 0 aromatic carbocycles. The highest BCUT2D eigenvalue weighted by molar-refractivity contribution is 5.67. The van der Waals surface area contributed by atoms with Gasteiger partial charge in [0.05, 0.1) is 12.3 Å². The zero-order valence-corrected chi connectivity index (χ0v) is 10.1. The van der Waals surface area contributed by atoms with Gasteiger partial charge in [-0.15, -0.1) is 0 Å². The van der Waals surface area contributed by atoms with Gasteiger partial charge in [0.25, 0.3) is 0 Å². The smallest absolute Gasteiger partial charge is 0.392 e. The molecule has 0 aromatic rings. The Labute approximate surface area is 99.2 Å². The quantitative estimate of drug-likeness (QED) is 0.735. The first kappa shape index (κ1) is 16.2. The summed E-state index contributed by atoms with van der Waals surface area (Å²) < 4.78 is 37.6. The second kappa shape index (κ2) is 6.83. The highest BCUT2D eigenvalue weighted by Gasteiger charge is 2.41. The van der Waals surface area contributed by atoms with Crippen molar-refractivity contribution in [2.75, 3.05) is 0 Å². The molecule has 0 saturated heterocycles. The van der Waals surface area contributed by atoms with Crippen LogP contribution in [0.25, 0.3) is 0 Å². The standard InChI is InChI=1S/C11H20F3NO2/c1-7(2)3-4-9(15)5-8(6-10(16)17)11(12,13)14/h7-9H,3-6,15H2,1-2H3,(H,16,17)/t8-,9+/m1/s1. The summed E-state index contributed by atoms with van der Waals surface area (Å²) in [5.74, 6) is -2.91. The number of carboxylic acid groups (broad SMARTS) is 1. The van der Waals surface area contributed by atoms with E-state index in [9.17, 15) is 18.0 Å². The van der Waals surface area contributed by atoms with E-state index in [4.69, 9.17) is 10.8 Å². The van der Waals surface area contributed by atoms with Crippen molar-refractivity contribution in [3.05, 3.63) is 0 Å². The molecule has 102 valence electrons. The van der Waals surface area contributed by atoms with Crippen LogP contribution in [0.2, 0.25) is 0 Å². The van der Waals surface area contributed by atoms with Gasteiger partial charge in [-0.2, -0.15) is 13.2 Å². The van der Waals surface area contributed by atoms with Crippen molar-refractivity contribution in [2.45, 2.75) is 51.7 Å². The van der Waals surface area contributed by atoms with E-state index in [2.05, 4.69) is 0 Å². The Morgan fingerprint density at radius 3 is 2.18 bits per heavy atom. The summed E-state index contributed by atoms with van der Waals surface area (Å²) in [6.45, 7) is 3.93. The van der Waals surface area contributed by atoms with Gasteiger partial charge in [0.1, 0.15) is 0 Å². The zero-order valence-electron chi connectivity index (χ0n) is 10.1. The number of hydrogen-bond acceptors (Lipinski definition) is 2. The van der Waals surface area contributed by atoms with Crippen LogP contribution in [-0.4, -0.2) is 23.3 Å². The monoisotopic (exact) mass is 255 g/mol. The minimum absolute atomic E-state index is 0.317. The third-order valence-electron chi connectivity index (χ3n) is 2.59. The molecule has 17 heavy (non-hydrogen) atoms. The maximum absolute atomic E-state index is 12.5. The van der Waals surface area contributed by atoms with E-state index < -0.39 is 30.5 Å². The zero-order chi connectivity index (χ0) is 13.6. The topological polar surface area (TPSA) is 63.3 Å². The molecule has 0 aliphatic carbocycles. The molecule has 0 bridgehead atoms. The van der Waals surface area contributed by atoms with Crippen LogP contribution in [0.15, 0.2) is 0 Å². The molecule has 0 saturated carbocycles. The van der Waals surface area contributed by atoms with Gasteiger partial charge in [-0.05, 0) is 25.2 Å². The third kappa shape index (κ3) is 8.01. The van der Waals surface area contributed by atoms with Crippen molar-refractivity contribution in [3.8, 4) is 0 Å². The van der Waals surface area contributed by atoms with E-state index in [1.807, 2.05) is 13.8 Å². The van der Waals surface area contributed by atoms with Crippen molar-refractivity contribution < 1.29 is 23.1 Å². The molecule has 0 aliphatic heterocycles. The minimum Gasteiger partial charge on any atom is -0.481 e. The molecule has 0 unspecified atom stereocenters. The van der Waals surface area contributed by atoms with Crippen molar-refractivity contribution in [2.24, 2.45) is 17.6 Å². The van der Waals surface area contributed by atoms with Crippen molar-refractivity contribution in [1.82, 2.24) is 0 Å². The van der Waals surface area contributed by atoms with E-state index in [0.717, 1.165) is 6.42 Å². The second-order valence-electron chi connectivity index (χ2n) is 4.80. The van der Waals surface area contributed by atoms with Gasteiger partial charge in [0, 0.05) is 6.04 Å². The molecule has 0 amide bonds. The number of rotatable bonds is 7. The molecule has 0 aromatic heterocycles. The van der Waals surface area contributed by atoms with E-state index in [0.29, 0.717) is 12.3 Å². The lowest BCUT2D eigenvalue weighted by Crippen LogP contribution is -2.33. The van der Waals surface area contributed by atoms with Gasteiger partial charge >= 0.3 is 12.1 Å². The number of halogens is 3. The number of carbonyl (C=O) groups is 1. The Morgan fingerprint density at radius 2 is 1.82 bits per heavy atom. The SMILES string of the molecule is CC(C)CC[C@H](N)C[C@H](CC(=O)O)C(F)(F)F. The molecule has 3 nitrogen and oxygen atoms in total. The fourth-order valence-electron chi connectivity index (χ4n) is 1.57. The van der Waals surface area contributed by atoms with Gasteiger partial charge in [-0.3, -0.25) is 4.79 Å². The second-order valence-corrected chi connectivity index (χ2v) is 4.80. The van der Waals surface area contributed by atoms with Crippen LogP contribution in [0, 0.1) is 11.8 Å². The third-order valence-corrected chi connectivity index (χ3v) is 2.59. The Morgan fingerprint density at radius 1 is 1.29 bits per heavy atom. The number of hydrogen-bond donors (Lipinski definition) is 2. The average Bonchev–Trinajstić information content (AvgIpc) is 2.11. The van der Waals surface area contributed by atoms with Crippen molar-refractivity contribution in [3.63, 3.8) is 0 Å². The first-order valence-corrected chi connectivity index (χ1v) is 5.67. The molecular formula is C11H20F3NO2. The first-order chi connectivity index (χ1) is 7.62. The Bertz CT molecular complexity index is 241. The number of carboxylic acids is 1. The van der Waals surface area contributed by atoms with E-state index in [-0.39, 0.29) is 6.42 Å². The van der Waals surface area contributed by atoms with Gasteiger partial charge in [-0.1, -0.05) is 13.8 Å².